The summed E-state index contributed by atoms with van der Waals surface area (Å²) < 4.78 is 11.2. The number of amides is 2. The van der Waals surface area contributed by atoms with Crippen molar-refractivity contribution in [1.82, 2.24) is 10.6 Å². The Bertz CT molecular complexity index is 367. The van der Waals surface area contributed by atoms with Crippen molar-refractivity contribution in [1.29, 1.82) is 0 Å². The molecule has 110 valence electrons. The third-order valence-corrected chi connectivity index (χ3v) is 4.89. The van der Waals surface area contributed by atoms with Gasteiger partial charge in [0.15, 0.2) is 0 Å². The Balaban J connectivity index is 2.53. The van der Waals surface area contributed by atoms with E-state index in [0.29, 0.717) is 12.8 Å². The lowest BCUT2D eigenvalue weighted by Crippen LogP contribution is -2.58. The average molecular weight is 290 g/mol. The highest BCUT2D eigenvalue weighted by Crippen LogP contribution is 2.28. The van der Waals surface area contributed by atoms with Crippen LogP contribution in [0.15, 0.2) is 0 Å². The Labute approximate surface area is 115 Å². The molecular weight excluding hydrogens is 268 g/mol. The van der Waals surface area contributed by atoms with E-state index in [4.69, 9.17) is 0 Å². The molecule has 19 heavy (non-hydrogen) atoms. The topological polar surface area (TPSA) is 95.5 Å². The van der Waals surface area contributed by atoms with E-state index in [1.807, 2.05) is 0 Å². The van der Waals surface area contributed by atoms with Gasteiger partial charge in [-0.3, -0.25) is 4.21 Å². The summed E-state index contributed by atoms with van der Waals surface area (Å²) in [5.74, 6) is -0.977. The number of carboxylic acids is 1. The number of carbonyl (C=O) groups excluding carboxylic acids is 1. The summed E-state index contributed by atoms with van der Waals surface area (Å²) in [4.78, 5) is 23.1. The molecule has 0 aromatic heterocycles. The maximum absolute atomic E-state index is 11.8. The molecule has 1 fully saturated rings. The zero-order chi connectivity index (χ0) is 14.5. The van der Waals surface area contributed by atoms with E-state index >= 15 is 0 Å². The van der Waals surface area contributed by atoms with Gasteiger partial charge in [-0.05, 0) is 19.8 Å². The molecule has 1 saturated carbocycles. The molecular formula is C12H22N2O4S. The molecule has 0 aromatic rings. The minimum Gasteiger partial charge on any atom is -0.480 e. The molecule has 7 heteroatoms. The fourth-order valence-corrected chi connectivity index (χ4v) is 2.48. The predicted octanol–water partition coefficient (Wildman–Crippen LogP) is 0.840. The fraction of sp³-hybridized carbons (Fsp3) is 0.833. The molecule has 2 amide bonds. The molecule has 0 saturated heterocycles. The largest absolute Gasteiger partial charge is 0.480 e. The van der Waals surface area contributed by atoms with Crippen LogP contribution in [0.5, 0.6) is 0 Å². The fourth-order valence-electron chi connectivity index (χ4n) is 2.16. The third kappa shape index (κ3) is 4.49. The molecule has 2 atom stereocenters. The van der Waals surface area contributed by atoms with Crippen molar-refractivity contribution < 1.29 is 18.9 Å². The number of hydrogen-bond acceptors (Lipinski definition) is 3. The first-order valence-electron chi connectivity index (χ1n) is 6.49. The summed E-state index contributed by atoms with van der Waals surface area (Å²) >= 11 is 0. The van der Waals surface area contributed by atoms with E-state index in [2.05, 4.69) is 10.6 Å². The van der Waals surface area contributed by atoms with E-state index in [9.17, 15) is 18.9 Å². The van der Waals surface area contributed by atoms with E-state index in [-0.39, 0.29) is 11.8 Å². The molecule has 0 aromatic carbocycles. The van der Waals surface area contributed by atoms with Crippen LogP contribution in [0.2, 0.25) is 0 Å². The van der Waals surface area contributed by atoms with E-state index in [0.717, 1.165) is 19.3 Å². The summed E-state index contributed by atoms with van der Waals surface area (Å²) in [5, 5.41) is 14.3. The standard InChI is InChI=1S/C12H22N2O4S/c1-9(19(2)18)8-13-11(17)14-12(10(15)16)6-4-3-5-7-12/h9H,3-8H2,1-2H3,(H,15,16)(H2,13,14,17). The van der Waals surface area contributed by atoms with Crippen LogP contribution in [-0.4, -0.2) is 44.9 Å². The van der Waals surface area contributed by atoms with Crippen molar-refractivity contribution in [3.63, 3.8) is 0 Å². The Kier molecular flexibility index (Phi) is 5.78. The van der Waals surface area contributed by atoms with Crippen LogP contribution in [0.3, 0.4) is 0 Å². The van der Waals surface area contributed by atoms with Crippen molar-refractivity contribution in [2.24, 2.45) is 0 Å². The lowest BCUT2D eigenvalue weighted by atomic mass is 9.82. The predicted molar refractivity (Wildman–Crippen MR) is 73.5 cm³/mol. The van der Waals surface area contributed by atoms with Gasteiger partial charge in [0.2, 0.25) is 0 Å². The summed E-state index contributed by atoms with van der Waals surface area (Å²) in [6.07, 6.45) is 5.12. The summed E-state index contributed by atoms with van der Waals surface area (Å²) in [6, 6.07) is -0.499. The van der Waals surface area contributed by atoms with Gasteiger partial charge in [-0.2, -0.15) is 0 Å². The number of nitrogens with one attached hydrogen (secondary N) is 2. The minimum atomic E-state index is -1.14. The van der Waals surface area contributed by atoms with Crippen molar-refractivity contribution in [2.75, 3.05) is 12.8 Å². The lowest BCUT2D eigenvalue weighted by Gasteiger charge is -2.34. The highest BCUT2D eigenvalue weighted by molar-refractivity contribution is 7.84. The van der Waals surface area contributed by atoms with Gasteiger partial charge in [0.05, 0.1) is 0 Å². The number of hydrogen-bond donors (Lipinski definition) is 3. The molecule has 3 N–H and O–H groups in total. The lowest BCUT2D eigenvalue weighted by molar-refractivity contribution is -0.145. The normalized spacial score (nSPS) is 21.2. The third-order valence-electron chi connectivity index (χ3n) is 3.59. The van der Waals surface area contributed by atoms with Gasteiger partial charge in [0.25, 0.3) is 0 Å². The van der Waals surface area contributed by atoms with Crippen molar-refractivity contribution in [3.05, 3.63) is 0 Å². The first-order valence-corrected chi connectivity index (χ1v) is 8.11. The van der Waals surface area contributed by atoms with E-state index < -0.39 is 28.3 Å². The average Bonchev–Trinajstić information content (AvgIpc) is 2.36. The monoisotopic (exact) mass is 290 g/mol. The molecule has 0 spiro atoms. The van der Waals surface area contributed by atoms with Crippen LogP contribution in [0.4, 0.5) is 4.79 Å². The van der Waals surface area contributed by atoms with E-state index in [1.165, 1.54) is 0 Å². The van der Waals surface area contributed by atoms with Crippen LogP contribution in [0.1, 0.15) is 39.0 Å². The molecule has 6 nitrogen and oxygen atoms in total. The molecule has 2 unspecified atom stereocenters. The molecule has 0 radical (unpaired) electrons. The molecule has 1 aliphatic carbocycles. The summed E-state index contributed by atoms with van der Waals surface area (Å²) in [5.41, 5.74) is -1.14. The second kappa shape index (κ2) is 6.88. The maximum atomic E-state index is 11.8. The smallest absolute Gasteiger partial charge is 0.329 e. The van der Waals surface area contributed by atoms with Crippen LogP contribution in [0, 0.1) is 0 Å². The van der Waals surface area contributed by atoms with Crippen LogP contribution in [0.25, 0.3) is 0 Å². The molecule has 1 aliphatic rings. The van der Waals surface area contributed by atoms with Gasteiger partial charge in [-0.15, -0.1) is 0 Å². The Morgan fingerprint density at radius 3 is 2.37 bits per heavy atom. The number of carbonyl (C=O) groups is 2. The number of carboxylic acid groups (broad SMARTS) is 1. The first-order chi connectivity index (χ1) is 8.87. The SMILES string of the molecule is CC(CNC(=O)NC1(C(=O)O)CCCCC1)S(C)=O. The van der Waals surface area contributed by atoms with Crippen molar-refractivity contribution in [3.8, 4) is 0 Å². The van der Waals surface area contributed by atoms with Crippen LogP contribution >= 0.6 is 0 Å². The molecule has 0 aliphatic heterocycles. The van der Waals surface area contributed by atoms with Crippen molar-refractivity contribution >= 4 is 22.8 Å². The van der Waals surface area contributed by atoms with Crippen molar-refractivity contribution in [2.45, 2.75) is 49.8 Å². The first kappa shape index (κ1) is 15.9. The van der Waals surface area contributed by atoms with Crippen LogP contribution < -0.4 is 10.6 Å². The Morgan fingerprint density at radius 1 is 1.32 bits per heavy atom. The van der Waals surface area contributed by atoms with E-state index in [1.54, 1.807) is 13.2 Å². The second-order valence-corrected chi connectivity index (χ2v) is 6.89. The number of rotatable bonds is 5. The Morgan fingerprint density at radius 2 is 1.89 bits per heavy atom. The van der Waals surface area contributed by atoms with Gasteiger partial charge in [0, 0.05) is 28.9 Å². The minimum absolute atomic E-state index is 0.155. The van der Waals surface area contributed by atoms with Gasteiger partial charge < -0.3 is 15.7 Å². The van der Waals surface area contributed by atoms with Gasteiger partial charge in [-0.1, -0.05) is 19.3 Å². The molecule has 1 rings (SSSR count). The number of urea groups is 1. The number of aliphatic carboxylic acids is 1. The molecule has 0 heterocycles. The van der Waals surface area contributed by atoms with Gasteiger partial charge >= 0.3 is 12.0 Å². The van der Waals surface area contributed by atoms with Gasteiger partial charge in [0.1, 0.15) is 5.54 Å². The summed E-state index contributed by atoms with van der Waals surface area (Å²) in [6.45, 7) is 2.04. The zero-order valence-electron chi connectivity index (χ0n) is 11.4. The molecule has 0 bridgehead atoms. The highest BCUT2D eigenvalue weighted by Gasteiger charge is 2.40. The zero-order valence-corrected chi connectivity index (χ0v) is 12.2. The van der Waals surface area contributed by atoms with Gasteiger partial charge in [-0.25, -0.2) is 9.59 Å². The maximum Gasteiger partial charge on any atom is 0.329 e. The second-order valence-electron chi connectivity index (χ2n) is 5.09. The summed E-state index contributed by atoms with van der Waals surface area (Å²) in [7, 11) is -1.01. The van der Waals surface area contributed by atoms with Crippen LogP contribution in [-0.2, 0) is 15.6 Å². The highest BCUT2D eigenvalue weighted by atomic mass is 32.2. The quantitative estimate of drug-likeness (QED) is 0.699. The Hall–Kier alpha value is -1.11.